The maximum atomic E-state index is 12.8. The first-order valence-corrected chi connectivity index (χ1v) is 11.6. The van der Waals surface area contributed by atoms with Crippen LogP contribution in [0, 0.1) is 11.8 Å². The molecule has 0 radical (unpaired) electrons. The lowest BCUT2D eigenvalue weighted by atomic mass is 9.96. The molecule has 32 heavy (non-hydrogen) atoms. The van der Waals surface area contributed by atoms with Crippen LogP contribution in [-0.2, 0) is 17.8 Å². The number of fused-ring (bicyclic) bond motifs is 1. The van der Waals surface area contributed by atoms with Gasteiger partial charge in [0, 0.05) is 24.9 Å². The monoisotopic (exact) mass is 429 g/mol. The molecule has 1 aliphatic heterocycles. The van der Waals surface area contributed by atoms with Gasteiger partial charge < -0.3 is 16.4 Å². The predicted molar refractivity (Wildman–Crippen MR) is 127 cm³/mol. The molecule has 1 atom stereocenters. The minimum Gasteiger partial charge on any atom is -0.348 e. The highest BCUT2D eigenvalue weighted by molar-refractivity contribution is 5.98. The lowest BCUT2D eigenvalue weighted by Crippen LogP contribution is -2.54. The highest BCUT2D eigenvalue weighted by atomic mass is 16.2. The molecule has 0 aromatic heterocycles. The lowest BCUT2D eigenvalue weighted by molar-refractivity contribution is -0.126. The number of nitrogens with one attached hydrogen (secondary N) is 2. The number of carbonyl (C=O) groups excluding carboxylic acids is 2. The van der Waals surface area contributed by atoms with Crippen molar-refractivity contribution in [1.29, 1.82) is 0 Å². The summed E-state index contributed by atoms with van der Waals surface area (Å²) in [7, 11) is 0. The van der Waals surface area contributed by atoms with Crippen molar-refractivity contribution in [3.63, 3.8) is 0 Å². The average Bonchev–Trinajstić information content (AvgIpc) is 3.41. The van der Waals surface area contributed by atoms with Gasteiger partial charge in [-0.15, -0.1) is 5.92 Å². The number of amides is 2. The van der Waals surface area contributed by atoms with Gasteiger partial charge in [0.15, 0.2) is 0 Å². The Kier molecular flexibility index (Phi) is 6.62. The molecule has 1 unspecified atom stereocenters. The third-order valence-corrected chi connectivity index (χ3v) is 6.42. The van der Waals surface area contributed by atoms with Gasteiger partial charge in [0.05, 0.1) is 11.6 Å². The SMILES string of the molecule is CCCC#CC(Cc1ccc(-c2ccc3c(c2)CNC3=O)cc1)NC(=O)C1(N)CCCC1. The van der Waals surface area contributed by atoms with Crippen molar-refractivity contribution >= 4 is 11.8 Å². The van der Waals surface area contributed by atoms with Crippen LogP contribution in [0.4, 0.5) is 0 Å². The summed E-state index contributed by atoms with van der Waals surface area (Å²) in [5, 5.41) is 5.97. The van der Waals surface area contributed by atoms with E-state index in [4.69, 9.17) is 5.73 Å². The summed E-state index contributed by atoms with van der Waals surface area (Å²) in [5.41, 5.74) is 10.7. The Morgan fingerprint density at radius 2 is 1.88 bits per heavy atom. The molecule has 166 valence electrons. The normalized spacial score (nSPS) is 17.1. The summed E-state index contributed by atoms with van der Waals surface area (Å²) in [6, 6.07) is 14.0. The summed E-state index contributed by atoms with van der Waals surface area (Å²) < 4.78 is 0. The highest BCUT2D eigenvalue weighted by Crippen LogP contribution is 2.28. The highest BCUT2D eigenvalue weighted by Gasteiger charge is 2.37. The fourth-order valence-electron chi connectivity index (χ4n) is 4.47. The van der Waals surface area contributed by atoms with Crippen molar-refractivity contribution in [3.05, 3.63) is 59.2 Å². The van der Waals surface area contributed by atoms with Gasteiger partial charge in [0.2, 0.25) is 5.91 Å². The summed E-state index contributed by atoms with van der Waals surface area (Å²) in [5.74, 6) is 6.35. The Hall–Kier alpha value is -3.10. The quantitative estimate of drug-likeness (QED) is 0.612. The molecule has 2 aromatic rings. The van der Waals surface area contributed by atoms with E-state index in [0.717, 1.165) is 66.3 Å². The van der Waals surface area contributed by atoms with Crippen molar-refractivity contribution in [2.75, 3.05) is 0 Å². The largest absolute Gasteiger partial charge is 0.348 e. The zero-order valence-corrected chi connectivity index (χ0v) is 18.7. The van der Waals surface area contributed by atoms with E-state index in [1.807, 2.05) is 12.1 Å². The number of hydrogen-bond acceptors (Lipinski definition) is 3. The molecule has 1 fully saturated rings. The van der Waals surface area contributed by atoms with Crippen LogP contribution in [-0.4, -0.2) is 23.4 Å². The molecule has 5 nitrogen and oxygen atoms in total. The average molecular weight is 430 g/mol. The first-order chi connectivity index (χ1) is 15.5. The fourth-order valence-corrected chi connectivity index (χ4v) is 4.47. The molecule has 5 heteroatoms. The van der Waals surface area contributed by atoms with Crippen molar-refractivity contribution in [1.82, 2.24) is 10.6 Å². The van der Waals surface area contributed by atoms with Crippen LogP contribution >= 0.6 is 0 Å². The minimum atomic E-state index is -0.752. The Labute approximate surface area is 190 Å². The summed E-state index contributed by atoms with van der Waals surface area (Å²) in [6.45, 7) is 2.68. The van der Waals surface area contributed by atoms with E-state index in [2.05, 4.69) is 59.7 Å². The van der Waals surface area contributed by atoms with Crippen molar-refractivity contribution < 1.29 is 9.59 Å². The molecule has 1 aliphatic carbocycles. The number of benzene rings is 2. The maximum Gasteiger partial charge on any atom is 0.251 e. The number of carbonyl (C=O) groups is 2. The van der Waals surface area contributed by atoms with Crippen LogP contribution in [0.1, 0.15) is 66.9 Å². The first kappa shape index (κ1) is 22.1. The molecule has 2 amide bonds. The summed E-state index contributed by atoms with van der Waals surface area (Å²) in [4.78, 5) is 24.6. The third-order valence-electron chi connectivity index (χ3n) is 6.42. The lowest BCUT2D eigenvalue weighted by Gasteiger charge is -2.25. The van der Waals surface area contributed by atoms with Gasteiger partial charge in [-0.2, -0.15) is 0 Å². The van der Waals surface area contributed by atoms with Gasteiger partial charge in [-0.3, -0.25) is 9.59 Å². The van der Waals surface area contributed by atoms with Crippen LogP contribution in [0.25, 0.3) is 11.1 Å². The maximum absolute atomic E-state index is 12.8. The van der Waals surface area contributed by atoms with Gasteiger partial charge in [0.1, 0.15) is 0 Å². The molecule has 4 N–H and O–H groups in total. The van der Waals surface area contributed by atoms with E-state index in [0.29, 0.717) is 13.0 Å². The van der Waals surface area contributed by atoms with E-state index >= 15 is 0 Å². The van der Waals surface area contributed by atoms with Crippen LogP contribution < -0.4 is 16.4 Å². The smallest absolute Gasteiger partial charge is 0.251 e. The summed E-state index contributed by atoms with van der Waals surface area (Å²) >= 11 is 0. The zero-order chi connectivity index (χ0) is 22.6. The molecule has 1 saturated carbocycles. The Balaban J connectivity index is 1.47. The van der Waals surface area contributed by atoms with Crippen LogP contribution in [0.3, 0.4) is 0 Å². The molecular weight excluding hydrogens is 398 g/mol. The Morgan fingerprint density at radius 1 is 1.16 bits per heavy atom. The predicted octanol–water partition coefficient (Wildman–Crippen LogP) is 3.70. The number of hydrogen-bond donors (Lipinski definition) is 3. The molecule has 1 heterocycles. The Morgan fingerprint density at radius 3 is 2.59 bits per heavy atom. The molecule has 0 spiro atoms. The van der Waals surface area contributed by atoms with Crippen molar-refractivity contribution in [3.8, 4) is 23.0 Å². The topological polar surface area (TPSA) is 84.2 Å². The zero-order valence-electron chi connectivity index (χ0n) is 18.7. The Bertz CT molecular complexity index is 1060. The van der Waals surface area contributed by atoms with Gasteiger partial charge in [-0.05, 0) is 53.6 Å². The molecule has 2 aliphatic rings. The molecule has 4 rings (SSSR count). The second-order valence-corrected chi connectivity index (χ2v) is 8.92. The van der Waals surface area contributed by atoms with Crippen molar-refractivity contribution in [2.45, 2.75) is 70.0 Å². The van der Waals surface area contributed by atoms with Gasteiger partial charge in [0.25, 0.3) is 5.91 Å². The minimum absolute atomic E-state index is 0.00367. The van der Waals surface area contributed by atoms with Crippen LogP contribution in [0.2, 0.25) is 0 Å². The van der Waals surface area contributed by atoms with Gasteiger partial charge >= 0.3 is 0 Å². The summed E-state index contributed by atoms with van der Waals surface area (Å²) in [6.07, 6.45) is 5.94. The number of unbranched alkanes of at least 4 members (excludes halogenated alkanes) is 1. The molecule has 0 saturated heterocycles. The number of nitrogens with two attached hydrogens (primary N) is 1. The molecule has 2 aromatic carbocycles. The fraction of sp³-hybridized carbons (Fsp3) is 0.407. The van der Waals surface area contributed by atoms with Crippen LogP contribution in [0.5, 0.6) is 0 Å². The second kappa shape index (κ2) is 9.58. The van der Waals surface area contributed by atoms with E-state index < -0.39 is 5.54 Å². The second-order valence-electron chi connectivity index (χ2n) is 8.92. The van der Waals surface area contributed by atoms with Crippen molar-refractivity contribution in [2.24, 2.45) is 5.73 Å². The molecule has 0 bridgehead atoms. The van der Waals surface area contributed by atoms with E-state index in [1.54, 1.807) is 0 Å². The number of rotatable bonds is 6. The standard InChI is InChI=1S/C27H31N3O2/c1-2-3-4-7-23(30-26(32)27(28)14-5-6-15-27)16-19-8-10-20(11-9-19)21-12-13-24-22(17-21)18-29-25(24)31/h8-13,17,23H,2-3,5-6,14-16,18,28H2,1H3,(H,29,31)(H,30,32). The van der Waals surface area contributed by atoms with Crippen LogP contribution in [0.15, 0.2) is 42.5 Å². The van der Waals surface area contributed by atoms with E-state index in [-0.39, 0.29) is 17.9 Å². The third kappa shape index (κ3) is 4.87. The van der Waals surface area contributed by atoms with Gasteiger partial charge in [-0.25, -0.2) is 0 Å². The van der Waals surface area contributed by atoms with E-state index in [9.17, 15) is 9.59 Å². The van der Waals surface area contributed by atoms with Gasteiger partial charge in [-0.1, -0.05) is 56.0 Å². The molecular formula is C27H31N3O2. The first-order valence-electron chi connectivity index (χ1n) is 11.6. The van der Waals surface area contributed by atoms with E-state index in [1.165, 1.54) is 0 Å².